The number of imidazole rings is 1. The molecule has 3 heterocycles. The SMILES string of the molecule is OCc1cn2cc(-c3ccccc3O)nc(N3CCOCC3)c2n1. The summed E-state index contributed by atoms with van der Waals surface area (Å²) in [4.78, 5) is 11.3. The number of phenolic OH excluding ortho intramolecular Hbond substituents is 1. The van der Waals surface area contributed by atoms with Crippen LogP contribution in [0.4, 0.5) is 5.82 Å². The molecule has 0 amide bonds. The molecule has 0 spiro atoms. The van der Waals surface area contributed by atoms with E-state index in [4.69, 9.17) is 9.72 Å². The molecule has 2 N–H and O–H groups in total. The van der Waals surface area contributed by atoms with E-state index in [9.17, 15) is 10.2 Å². The van der Waals surface area contributed by atoms with Crippen molar-refractivity contribution in [1.29, 1.82) is 0 Å². The largest absolute Gasteiger partial charge is 0.507 e. The van der Waals surface area contributed by atoms with Crippen LogP contribution in [0.25, 0.3) is 16.9 Å². The Morgan fingerprint density at radius 3 is 2.62 bits per heavy atom. The number of aromatic hydroxyl groups is 1. The molecular weight excluding hydrogens is 308 g/mol. The zero-order chi connectivity index (χ0) is 16.5. The fraction of sp³-hybridized carbons (Fsp3) is 0.294. The number of nitrogens with zero attached hydrogens (tertiary/aromatic N) is 4. The molecule has 24 heavy (non-hydrogen) atoms. The number of aliphatic hydroxyl groups excluding tert-OH is 1. The molecule has 1 saturated heterocycles. The zero-order valence-electron chi connectivity index (χ0n) is 13.1. The molecule has 0 bridgehead atoms. The van der Waals surface area contributed by atoms with Gasteiger partial charge in [0, 0.05) is 31.0 Å². The van der Waals surface area contributed by atoms with E-state index < -0.39 is 0 Å². The van der Waals surface area contributed by atoms with Crippen LogP contribution in [-0.4, -0.2) is 50.9 Å². The first kappa shape index (κ1) is 14.9. The highest BCUT2D eigenvalue weighted by atomic mass is 16.5. The van der Waals surface area contributed by atoms with E-state index in [-0.39, 0.29) is 12.4 Å². The predicted molar refractivity (Wildman–Crippen MR) is 89.0 cm³/mol. The Balaban J connectivity index is 1.91. The Kier molecular flexibility index (Phi) is 3.79. The monoisotopic (exact) mass is 326 g/mol. The number of hydrogen-bond acceptors (Lipinski definition) is 6. The highest BCUT2D eigenvalue weighted by Crippen LogP contribution is 2.30. The van der Waals surface area contributed by atoms with Gasteiger partial charge in [-0.25, -0.2) is 9.97 Å². The zero-order valence-corrected chi connectivity index (χ0v) is 13.1. The van der Waals surface area contributed by atoms with Crippen LogP contribution in [-0.2, 0) is 11.3 Å². The summed E-state index contributed by atoms with van der Waals surface area (Å²) < 4.78 is 7.27. The molecule has 7 nitrogen and oxygen atoms in total. The number of morpholine rings is 1. The Morgan fingerprint density at radius 2 is 1.88 bits per heavy atom. The maximum absolute atomic E-state index is 10.2. The van der Waals surface area contributed by atoms with Crippen LogP contribution in [0, 0.1) is 0 Å². The number of fused-ring (bicyclic) bond motifs is 1. The molecule has 1 fully saturated rings. The lowest BCUT2D eigenvalue weighted by Gasteiger charge is -2.28. The Bertz CT molecular complexity index is 871. The quantitative estimate of drug-likeness (QED) is 0.758. The van der Waals surface area contributed by atoms with Gasteiger partial charge < -0.3 is 24.3 Å². The normalized spacial score (nSPS) is 15.1. The van der Waals surface area contributed by atoms with Gasteiger partial charge in [-0.05, 0) is 12.1 Å². The van der Waals surface area contributed by atoms with Crippen molar-refractivity contribution in [3.63, 3.8) is 0 Å². The molecule has 124 valence electrons. The van der Waals surface area contributed by atoms with E-state index in [1.54, 1.807) is 18.3 Å². The molecule has 2 aromatic heterocycles. The minimum absolute atomic E-state index is 0.129. The molecule has 0 radical (unpaired) electrons. The summed E-state index contributed by atoms with van der Waals surface area (Å²) in [5.74, 6) is 0.915. The maximum atomic E-state index is 10.2. The summed E-state index contributed by atoms with van der Waals surface area (Å²) >= 11 is 0. The fourth-order valence-corrected chi connectivity index (χ4v) is 2.92. The van der Waals surface area contributed by atoms with Gasteiger partial charge in [-0.3, -0.25) is 0 Å². The van der Waals surface area contributed by atoms with Crippen molar-refractivity contribution in [2.75, 3.05) is 31.2 Å². The van der Waals surface area contributed by atoms with Crippen molar-refractivity contribution in [2.24, 2.45) is 0 Å². The third-order valence-electron chi connectivity index (χ3n) is 4.12. The van der Waals surface area contributed by atoms with Gasteiger partial charge in [0.15, 0.2) is 11.5 Å². The third-order valence-corrected chi connectivity index (χ3v) is 4.12. The first-order chi connectivity index (χ1) is 11.8. The smallest absolute Gasteiger partial charge is 0.180 e. The maximum Gasteiger partial charge on any atom is 0.180 e. The topological polar surface area (TPSA) is 83.1 Å². The summed E-state index contributed by atoms with van der Waals surface area (Å²) in [6.07, 6.45) is 3.60. The van der Waals surface area contributed by atoms with Crippen molar-refractivity contribution >= 4 is 11.5 Å². The van der Waals surface area contributed by atoms with Crippen molar-refractivity contribution in [2.45, 2.75) is 6.61 Å². The lowest BCUT2D eigenvalue weighted by Crippen LogP contribution is -2.37. The molecule has 7 heteroatoms. The second-order valence-corrected chi connectivity index (χ2v) is 5.69. The summed E-state index contributed by atoms with van der Waals surface area (Å²) in [5, 5.41) is 19.6. The van der Waals surface area contributed by atoms with Crippen LogP contribution < -0.4 is 4.90 Å². The molecule has 0 saturated carbocycles. The molecule has 3 aromatic rings. The second kappa shape index (κ2) is 6.10. The van der Waals surface area contributed by atoms with Gasteiger partial charge in [-0.1, -0.05) is 12.1 Å². The van der Waals surface area contributed by atoms with E-state index in [1.807, 2.05) is 22.7 Å². The van der Waals surface area contributed by atoms with E-state index in [0.29, 0.717) is 35.8 Å². The number of aromatic nitrogens is 3. The lowest BCUT2D eigenvalue weighted by atomic mass is 10.1. The van der Waals surface area contributed by atoms with Gasteiger partial charge in [-0.15, -0.1) is 0 Å². The van der Waals surface area contributed by atoms with Crippen LogP contribution in [0.5, 0.6) is 5.75 Å². The summed E-state index contributed by atoms with van der Waals surface area (Å²) in [6.45, 7) is 2.61. The number of ether oxygens (including phenoxy) is 1. The Hall–Kier alpha value is -2.64. The first-order valence-corrected chi connectivity index (χ1v) is 7.87. The van der Waals surface area contributed by atoms with Crippen LogP contribution in [0.3, 0.4) is 0 Å². The predicted octanol–water partition coefficient (Wildman–Crippen LogP) is 1.43. The summed E-state index contributed by atoms with van der Waals surface area (Å²) in [7, 11) is 0. The number of hydrogen-bond donors (Lipinski definition) is 2. The van der Waals surface area contributed by atoms with E-state index in [0.717, 1.165) is 18.9 Å². The van der Waals surface area contributed by atoms with Gasteiger partial charge in [0.25, 0.3) is 0 Å². The second-order valence-electron chi connectivity index (χ2n) is 5.69. The minimum Gasteiger partial charge on any atom is -0.507 e. The summed E-state index contributed by atoms with van der Waals surface area (Å²) in [5.41, 5.74) is 2.60. The molecular formula is C17H18N4O3. The first-order valence-electron chi connectivity index (χ1n) is 7.87. The average Bonchev–Trinajstić information content (AvgIpc) is 3.05. The number of benzene rings is 1. The fourth-order valence-electron chi connectivity index (χ4n) is 2.92. The average molecular weight is 326 g/mol. The van der Waals surface area contributed by atoms with Gasteiger partial charge in [-0.2, -0.15) is 0 Å². The third kappa shape index (κ3) is 2.57. The van der Waals surface area contributed by atoms with Crippen molar-refractivity contribution < 1.29 is 14.9 Å². The van der Waals surface area contributed by atoms with Crippen molar-refractivity contribution in [3.8, 4) is 17.0 Å². The van der Waals surface area contributed by atoms with Crippen LogP contribution in [0.15, 0.2) is 36.7 Å². The number of phenols is 1. The van der Waals surface area contributed by atoms with Gasteiger partial charge in [0.1, 0.15) is 5.75 Å². The number of aliphatic hydroxyl groups is 1. The van der Waals surface area contributed by atoms with Crippen LogP contribution in [0.2, 0.25) is 0 Å². The number of para-hydroxylation sites is 1. The molecule has 0 unspecified atom stereocenters. The highest BCUT2D eigenvalue weighted by Gasteiger charge is 2.20. The summed E-state index contributed by atoms with van der Waals surface area (Å²) in [6, 6.07) is 7.11. The molecule has 0 atom stereocenters. The molecule has 1 aliphatic heterocycles. The van der Waals surface area contributed by atoms with Crippen LogP contribution in [0.1, 0.15) is 5.69 Å². The number of anilines is 1. The Labute approximate surface area is 138 Å². The molecule has 1 aromatic carbocycles. The number of rotatable bonds is 3. The standard InChI is InChI=1S/C17H18N4O3/c22-11-12-9-21-10-14(13-3-1-2-4-15(13)23)19-17(16(21)18-12)20-5-7-24-8-6-20/h1-4,9-10,22-23H,5-8,11H2. The lowest BCUT2D eigenvalue weighted by molar-refractivity contribution is 0.122. The van der Waals surface area contributed by atoms with Crippen molar-refractivity contribution in [3.05, 3.63) is 42.4 Å². The van der Waals surface area contributed by atoms with Gasteiger partial charge in [0.05, 0.1) is 31.2 Å². The molecule has 4 rings (SSSR count). The van der Waals surface area contributed by atoms with Crippen molar-refractivity contribution in [1.82, 2.24) is 14.4 Å². The molecule has 0 aliphatic carbocycles. The minimum atomic E-state index is -0.129. The Morgan fingerprint density at radius 1 is 1.08 bits per heavy atom. The van der Waals surface area contributed by atoms with Gasteiger partial charge >= 0.3 is 0 Å². The van der Waals surface area contributed by atoms with Crippen LogP contribution >= 0.6 is 0 Å². The van der Waals surface area contributed by atoms with E-state index in [2.05, 4.69) is 9.88 Å². The molecule has 1 aliphatic rings. The van der Waals surface area contributed by atoms with E-state index in [1.165, 1.54) is 0 Å². The van der Waals surface area contributed by atoms with E-state index >= 15 is 0 Å². The van der Waals surface area contributed by atoms with Gasteiger partial charge in [0.2, 0.25) is 0 Å². The highest BCUT2D eigenvalue weighted by molar-refractivity contribution is 5.73.